The minimum Gasteiger partial charge on any atom is -0.493 e. The highest BCUT2D eigenvalue weighted by Crippen LogP contribution is 2.52. The molecule has 1 atom stereocenters. The first-order valence-electron chi connectivity index (χ1n) is 10.7. The van der Waals surface area contributed by atoms with Gasteiger partial charge in [0.05, 0.1) is 25.9 Å². The maximum absolute atomic E-state index is 13.4. The Hall–Kier alpha value is -3.27. The molecule has 1 aliphatic heterocycles. The Morgan fingerprint density at radius 3 is 2.48 bits per heavy atom. The second-order valence-electron chi connectivity index (χ2n) is 9.23. The van der Waals surface area contributed by atoms with Gasteiger partial charge in [0.15, 0.2) is 17.3 Å². The molecule has 0 radical (unpaired) electrons. The molecule has 0 unspecified atom stereocenters. The number of anilines is 1. The minimum absolute atomic E-state index is 0.0572. The van der Waals surface area contributed by atoms with E-state index >= 15 is 0 Å². The van der Waals surface area contributed by atoms with Crippen molar-refractivity contribution in [3.63, 3.8) is 0 Å². The number of Topliss-reactive ketones (excluding diaryl/α,β-unsaturated/α-hetero) is 1. The zero-order chi connectivity index (χ0) is 21.8. The van der Waals surface area contributed by atoms with Crippen LogP contribution < -0.4 is 14.8 Å². The molecular formula is C27H27NO3. The van der Waals surface area contributed by atoms with Gasteiger partial charge in [-0.25, -0.2) is 0 Å². The number of ketones is 1. The number of hydrogen-bond acceptors (Lipinski definition) is 4. The lowest BCUT2D eigenvalue weighted by molar-refractivity contribution is -0.118. The number of nitrogens with one attached hydrogen (secondary N) is 1. The fourth-order valence-electron chi connectivity index (χ4n) is 5.09. The van der Waals surface area contributed by atoms with Gasteiger partial charge < -0.3 is 14.8 Å². The van der Waals surface area contributed by atoms with Crippen molar-refractivity contribution in [2.24, 2.45) is 5.41 Å². The molecule has 3 aromatic rings. The van der Waals surface area contributed by atoms with Crippen LogP contribution in [-0.2, 0) is 4.79 Å². The van der Waals surface area contributed by atoms with Gasteiger partial charge in [-0.05, 0) is 40.5 Å². The lowest BCUT2D eigenvalue weighted by Gasteiger charge is -2.40. The fourth-order valence-corrected chi connectivity index (χ4v) is 5.09. The Morgan fingerprint density at radius 1 is 0.935 bits per heavy atom. The molecule has 0 aromatic heterocycles. The number of rotatable bonds is 3. The quantitative estimate of drug-likeness (QED) is 0.558. The molecule has 5 rings (SSSR count). The van der Waals surface area contributed by atoms with Crippen LogP contribution in [0.2, 0.25) is 0 Å². The lowest BCUT2D eigenvalue weighted by atomic mass is 9.68. The topological polar surface area (TPSA) is 47.6 Å². The Bertz CT molecular complexity index is 1240. The first-order chi connectivity index (χ1) is 14.9. The summed E-state index contributed by atoms with van der Waals surface area (Å²) in [6.07, 6.45) is 1.44. The third kappa shape index (κ3) is 3.18. The zero-order valence-corrected chi connectivity index (χ0v) is 18.4. The Labute approximate surface area is 182 Å². The lowest BCUT2D eigenvalue weighted by Crippen LogP contribution is -2.33. The molecule has 0 bridgehead atoms. The number of methoxy groups -OCH3 is 2. The van der Waals surface area contributed by atoms with E-state index in [1.54, 1.807) is 14.2 Å². The van der Waals surface area contributed by atoms with E-state index in [1.807, 2.05) is 18.2 Å². The van der Waals surface area contributed by atoms with E-state index in [9.17, 15) is 4.79 Å². The van der Waals surface area contributed by atoms with Gasteiger partial charge in [0.2, 0.25) is 0 Å². The highest BCUT2D eigenvalue weighted by Gasteiger charge is 2.40. The van der Waals surface area contributed by atoms with E-state index in [1.165, 1.54) is 16.3 Å². The maximum Gasteiger partial charge on any atom is 0.162 e. The summed E-state index contributed by atoms with van der Waals surface area (Å²) in [4.78, 5) is 13.4. The maximum atomic E-state index is 13.4. The zero-order valence-electron chi connectivity index (χ0n) is 18.4. The summed E-state index contributed by atoms with van der Waals surface area (Å²) >= 11 is 0. The average molecular weight is 414 g/mol. The highest BCUT2D eigenvalue weighted by molar-refractivity contribution is 6.12. The van der Waals surface area contributed by atoms with Crippen LogP contribution in [0.3, 0.4) is 0 Å². The number of benzene rings is 3. The van der Waals surface area contributed by atoms with Crippen molar-refractivity contribution in [2.45, 2.75) is 32.7 Å². The second kappa shape index (κ2) is 7.16. The van der Waals surface area contributed by atoms with Gasteiger partial charge in [0, 0.05) is 22.9 Å². The van der Waals surface area contributed by atoms with Gasteiger partial charge in [-0.1, -0.05) is 56.3 Å². The van der Waals surface area contributed by atoms with Crippen LogP contribution >= 0.6 is 0 Å². The van der Waals surface area contributed by atoms with Crippen molar-refractivity contribution in [1.29, 1.82) is 0 Å². The molecule has 4 heteroatoms. The van der Waals surface area contributed by atoms with Gasteiger partial charge in [-0.3, -0.25) is 4.79 Å². The van der Waals surface area contributed by atoms with Crippen molar-refractivity contribution in [3.05, 3.63) is 71.3 Å². The molecule has 1 aliphatic carbocycles. The third-order valence-corrected chi connectivity index (χ3v) is 6.49. The Kier molecular flexibility index (Phi) is 4.54. The summed E-state index contributed by atoms with van der Waals surface area (Å²) in [6.45, 7) is 4.37. The fraction of sp³-hybridized carbons (Fsp3) is 0.296. The largest absolute Gasteiger partial charge is 0.493 e. The molecule has 1 heterocycles. The van der Waals surface area contributed by atoms with Crippen LogP contribution in [0.5, 0.6) is 11.5 Å². The van der Waals surface area contributed by atoms with Gasteiger partial charge in [-0.15, -0.1) is 0 Å². The predicted molar refractivity (Wildman–Crippen MR) is 125 cm³/mol. The van der Waals surface area contributed by atoms with Gasteiger partial charge in [0.25, 0.3) is 0 Å². The number of fused-ring (bicyclic) bond motifs is 4. The SMILES string of the molecule is COc1ccc([C@@H]2Nc3c(ccc4ccccc34)C3=C2C(=O)CC(C)(C)C3)cc1OC. The van der Waals surface area contributed by atoms with Crippen LogP contribution in [0.1, 0.15) is 43.9 Å². The monoisotopic (exact) mass is 413 g/mol. The summed E-state index contributed by atoms with van der Waals surface area (Å²) in [7, 11) is 3.27. The normalized spacial score (nSPS) is 19.5. The molecule has 3 aromatic carbocycles. The van der Waals surface area contributed by atoms with Crippen molar-refractivity contribution >= 4 is 27.8 Å². The van der Waals surface area contributed by atoms with E-state index in [0.717, 1.165) is 28.8 Å². The summed E-state index contributed by atoms with van der Waals surface area (Å²) < 4.78 is 11.0. The summed E-state index contributed by atoms with van der Waals surface area (Å²) in [6, 6.07) is 18.4. The van der Waals surface area contributed by atoms with Crippen molar-refractivity contribution < 1.29 is 14.3 Å². The molecular weight excluding hydrogens is 386 g/mol. The molecule has 0 fully saturated rings. The minimum atomic E-state index is -0.225. The summed E-state index contributed by atoms with van der Waals surface area (Å²) in [5.74, 6) is 1.56. The predicted octanol–water partition coefficient (Wildman–Crippen LogP) is 6.17. The first kappa shape index (κ1) is 19.7. The Balaban J connectivity index is 1.76. The highest BCUT2D eigenvalue weighted by atomic mass is 16.5. The van der Waals surface area contributed by atoms with Gasteiger partial charge >= 0.3 is 0 Å². The molecule has 0 spiro atoms. The number of hydrogen-bond donors (Lipinski definition) is 1. The van der Waals surface area contributed by atoms with Gasteiger partial charge in [-0.2, -0.15) is 0 Å². The van der Waals surface area contributed by atoms with E-state index < -0.39 is 0 Å². The van der Waals surface area contributed by atoms with Crippen molar-refractivity contribution in [2.75, 3.05) is 19.5 Å². The van der Waals surface area contributed by atoms with Gasteiger partial charge in [0.1, 0.15) is 0 Å². The average Bonchev–Trinajstić information content (AvgIpc) is 2.77. The van der Waals surface area contributed by atoms with Crippen LogP contribution in [0.4, 0.5) is 5.69 Å². The molecule has 158 valence electrons. The van der Waals surface area contributed by atoms with Crippen LogP contribution in [0, 0.1) is 5.41 Å². The van der Waals surface area contributed by atoms with E-state index in [4.69, 9.17) is 9.47 Å². The first-order valence-corrected chi connectivity index (χ1v) is 10.7. The van der Waals surface area contributed by atoms with E-state index in [0.29, 0.717) is 17.9 Å². The summed E-state index contributed by atoms with van der Waals surface area (Å²) in [5.41, 5.74) is 5.23. The Morgan fingerprint density at radius 2 is 1.71 bits per heavy atom. The van der Waals surface area contributed by atoms with E-state index in [-0.39, 0.29) is 17.2 Å². The number of carbonyl (C=O) groups is 1. The number of carbonyl (C=O) groups excluding carboxylic acids is 1. The van der Waals surface area contributed by atoms with Crippen LogP contribution in [0.25, 0.3) is 16.3 Å². The molecule has 0 amide bonds. The molecule has 2 aliphatic rings. The van der Waals surface area contributed by atoms with E-state index in [2.05, 4.69) is 55.6 Å². The number of ether oxygens (including phenoxy) is 2. The second-order valence-corrected chi connectivity index (χ2v) is 9.23. The smallest absolute Gasteiger partial charge is 0.162 e. The molecule has 0 saturated heterocycles. The standard InChI is InChI=1S/C27H27NO3/c1-27(2)14-20-19-11-9-16-7-5-6-8-18(16)26(19)28-25(24(20)21(29)15-27)17-10-12-22(30-3)23(13-17)31-4/h5-13,25,28H,14-15H2,1-4H3/t25-/m0/s1. The summed E-state index contributed by atoms with van der Waals surface area (Å²) in [5, 5.41) is 6.09. The molecule has 4 nitrogen and oxygen atoms in total. The number of allylic oxidation sites excluding steroid dienone is 1. The molecule has 0 saturated carbocycles. The van der Waals surface area contributed by atoms with Crippen molar-refractivity contribution in [3.8, 4) is 11.5 Å². The molecule has 31 heavy (non-hydrogen) atoms. The van der Waals surface area contributed by atoms with Crippen LogP contribution in [-0.4, -0.2) is 20.0 Å². The third-order valence-electron chi connectivity index (χ3n) is 6.49. The molecule has 1 N–H and O–H groups in total. The van der Waals surface area contributed by atoms with Crippen LogP contribution in [0.15, 0.2) is 60.2 Å². The van der Waals surface area contributed by atoms with Crippen molar-refractivity contribution in [1.82, 2.24) is 0 Å².